The number of nitrogens with two attached hydrogens (primary N) is 1. The van der Waals surface area contributed by atoms with Gasteiger partial charge in [0.15, 0.2) is 0 Å². The van der Waals surface area contributed by atoms with E-state index in [4.69, 9.17) is 10.3 Å². The highest BCUT2D eigenvalue weighted by Gasteiger charge is 2.31. The molecule has 0 unspecified atom stereocenters. The third-order valence-corrected chi connectivity index (χ3v) is 2.69. The Morgan fingerprint density at radius 1 is 1.21 bits per heavy atom. The van der Waals surface area contributed by atoms with Crippen molar-refractivity contribution in [1.29, 1.82) is 0 Å². The Labute approximate surface area is 107 Å². The summed E-state index contributed by atoms with van der Waals surface area (Å²) in [4.78, 5) is 1.70. The molecule has 0 spiro atoms. The molecular formula is C12H12F3N3O. The first kappa shape index (κ1) is 13.3. The maximum atomic E-state index is 12.8. The highest BCUT2D eigenvalue weighted by Crippen LogP contribution is 2.38. The Balaban J connectivity index is 2.65. The molecule has 0 saturated carbocycles. The van der Waals surface area contributed by atoms with Crippen LogP contribution in [-0.4, -0.2) is 19.3 Å². The van der Waals surface area contributed by atoms with Crippen LogP contribution in [0.3, 0.4) is 0 Å². The standard InChI is InChI=1S/C12H12F3N3O/c1-18(2)10-4-3-7(12(13,14)15)5-8(10)9-6-17-19-11(9)16/h3-6H,16H2,1-2H3. The van der Waals surface area contributed by atoms with Gasteiger partial charge in [0.25, 0.3) is 0 Å². The van der Waals surface area contributed by atoms with Gasteiger partial charge < -0.3 is 15.2 Å². The topological polar surface area (TPSA) is 55.3 Å². The average Bonchev–Trinajstić information content (AvgIpc) is 2.73. The van der Waals surface area contributed by atoms with E-state index in [2.05, 4.69) is 5.16 Å². The van der Waals surface area contributed by atoms with Gasteiger partial charge in [0.05, 0.1) is 17.3 Å². The van der Waals surface area contributed by atoms with Gasteiger partial charge >= 0.3 is 6.18 Å². The second-order valence-electron chi connectivity index (χ2n) is 4.23. The summed E-state index contributed by atoms with van der Waals surface area (Å²) < 4.78 is 43.0. The number of halogens is 3. The Hall–Kier alpha value is -2.18. The zero-order chi connectivity index (χ0) is 14.2. The molecule has 0 bridgehead atoms. The molecule has 2 rings (SSSR count). The lowest BCUT2D eigenvalue weighted by Crippen LogP contribution is -2.12. The molecule has 0 saturated heterocycles. The second-order valence-corrected chi connectivity index (χ2v) is 4.23. The largest absolute Gasteiger partial charge is 0.416 e. The molecule has 0 amide bonds. The van der Waals surface area contributed by atoms with E-state index in [9.17, 15) is 13.2 Å². The van der Waals surface area contributed by atoms with Crippen LogP contribution >= 0.6 is 0 Å². The fourth-order valence-corrected chi connectivity index (χ4v) is 1.77. The molecule has 2 N–H and O–H groups in total. The van der Waals surface area contributed by atoms with Crippen LogP contribution in [0, 0.1) is 0 Å². The lowest BCUT2D eigenvalue weighted by molar-refractivity contribution is -0.137. The summed E-state index contributed by atoms with van der Waals surface area (Å²) in [6.45, 7) is 0. The quantitative estimate of drug-likeness (QED) is 0.912. The van der Waals surface area contributed by atoms with Crippen molar-refractivity contribution in [3.8, 4) is 11.1 Å². The van der Waals surface area contributed by atoms with E-state index >= 15 is 0 Å². The van der Waals surface area contributed by atoms with Crippen molar-refractivity contribution in [2.45, 2.75) is 6.18 Å². The Morgan fingerprint density at radius 2 is 1.89 bits per heavy atom. The Bertz CT molecular complexity index is 590. The van der Waals surface area contributed by atoms with Gasteiger partial charge in [-0.15, -0.1) is 0 Å². The van der Waals surface area contributed by atoms with Crippen molar-refractivity contribution in [2.24, 2.45) is 0 Å². The number of rotatable bonds is 2. The highest BCUT2D eigenvalue weighted by atomic mass is 19.4. The third kappa shape index (κ3) is 2.49. The summed E-state index contributed by atoms with van der Waals surface area (Å²) in [6, 6.07) is 3.46. The van der Waals surface area contributed by atoms with Gasteiger partial charge in [-0.3, -0.25) is 0 Å². The molecule has 0 aliphatic heterocycles. The summed E-state index contributed by atoms with van der Waals surface area (Å²) in [5, 5.41) is 3.49. The lowest BCUT2D eigenvalue weighted by atomic mass is 10.0. The predicted octanol–water partition coefficient (Wildman–Crippen LogP) is 3.01. The number of alkyl halides is 3. The van der Waals surface area contributed by atoms with Crippen LogP contribution in [0.25, 0.3) is 11.1 Å². The van der Waals surface area contributed by atoms with Gasteiger partial charge in [0.1, 0.15) is 0 Å². The smallest absolute Gasteiger partial charge is 0.377 e. The first-order chi connectivity index (χ1) is 8.80. The van der Waals surface area contributed by atoms with E-state index in [1.165, 1.54) is 12.3 Å². The second kappa shape index (κ2) is 4.49. The zero-order valence-electron chi connectivity index (χ0n) is 10.3. The van der Waals surface area contributed by atoms with E-state index < -0.39 is 11.7 Å². The van der Waals surface area contributed by atoms with Gasteiger partial charge in [-0.2, -0.15) is 13.2 Å². The van der Waals surface area contributed by atoms with Gasteiger partial charge in [-0.25, -0.2) is 0 Å². The summed E-state index contributed by atoms with van der Waals surface area (Å²) in [7, 11) is 3.46. The number of nitrogens with zero attached hydrogens (tertiary/aromatic N) is 2. The van der Waals surface area contributed by atoms with Gasteiger partial charge in [0, 0.05) is 25.3 Å². The van der Waals surface area contributed by atoms with Crippen LogP contribution in [0.1, 0.15) is 5.56 Å². The minimum atomic E-state index is -4.41. The first-order valence-electron chi connectivity index (χ1n) is 5.40. The molecule has 0 fully saturated rings. The first-order valence-corrected chi connectivity index (χ1v) is 5.40. The molecule has 0 atom stereocenters. The average molecular weight is 271 g/mol. The summed E-state index contributed by atoms with van der Waals surface area (Å²) in [5.41, 5.74) is 6.10. The Morgan fingerprint density at radius 3 is 2.37 bits per heavy atom. The zero-order valence-corrected chi connectivity index (χ0v) is 10.3. The SMILES string of the molecule is CN(C)c1ccc(C(F)(F)F)cc1-c1cnoc1N. The minimum Gasteiger partial charge on any atom is -0.377 e. The number of hydrogen-bond acceptors (Lipinski definition) is 4. The van der Waals surface area contributed by atoms with Crippen LogP contribution in [0.5, 0.6) is 0 Å². The van der Waals surface area contributed by atoms with E-state index in [0.29, 0.717) is 16.8 Å². The minimum absolute atomic E-state index is 0.0116. The highest BCUT2D eigenvalue weighted by molar-refractivity contribution is 5.83. The number of aromatic nitrogens is 1. The molecule has 2 aromatic rings. The fourth-order valence-electron chi connectivity index (χ4n) is 1.77. The fraction of sp³-hybridized carbons (Fsp3) is 0.250. The predicted molar refractivity (Wildman–Crippen MR) is 65.7 cm³/mol. The number of benzene rings is 1. The van der Waals surface area contributed by atoms with Crippen molar-refractivity contribution in [2.75, 3.05) is 24.7 Å². The Kier molecular flexibility index (Phi) is 3.13. The third-order valence-electron chi connectivity index (χ3n) is 2.69. The van der Waals surface area contributed by atoms with Crippen molar-refractivity contribution in [1.82, 2.24) is 5.16 Å². The van der Waals surface area contributed by atoms with E-state index in [1.54, 1.807) is 19.0 Å². The van der Waals surface area contributed by atoms with E-state index in [0.717, 1.165) is 12.1 Å². The molecule has 0 aliphatic rings. The monoisotopic (exact) mass is 271 g/mol. The van der Waals surface area contributed by atoms with Crippen LogP contribution in [0.4, 0.5) is 24.7 Å². The number of anilines is 2. The maximum Gasteiger partial charge on any atom is 0.416 e. The van der Waals surface area contributed by atoms with Crippen LogP contribution in [-0.2, 0) is 6.18 Å². The molecule has 102 valence electrons. The molecule has 19 heavy (non-hydrogen) atoms. The molecule has 1 aromatic heterocycles. The van der Waals surface area contributed by atoms with Gasteiger partial charge in [0.2, 0.25) is 5.88 Å². The van der Waals surface area contributed by atoms with Crippen molar-refractivity contribution >= 4 is 11.6 Å². The molecule has 1 heterocycles. The van der Waals surface area contributed by atoms with Crippen LogP contribution < -0.4 is 10.6 Å². The molecule has 0 aliphatic carbocycles. The van der Waals surface area contributed by atoms with Crippen LogP contribution in [0.2, 0.25) is 0 Å². The summed E-state index contributed by atoms with van der Waals surface area (Å²) >= 11 is 0. The van der Waals surface area contributed by atoms with Gasteiger partial charge in [-0.05, 0) is 18.2 Å². The number of nitrogen functional groups attached to an aromatic ring is 1. The molecule has 7 heteroatoms. The van der Waals surface area contributed by atoms with E-state index in [-0.39, 0.29) is 5.88 Å². The van der Waals surface area contributed by atoms with Gasteiger partial charge in [-0.1, -0.05) is 5.16 Å². The maximum absolute atomic E-state index is 12.8. The number of hydrogen-bond donors (Lipinski definition) is 1. The normalized spacial score (nSPS) is 11.6. The van der Waals surface area contributed by atoms with Crippen LogP contribution in [0.15, 0.2) is 28.9 Å². The van der Waals surface area contributed by atoms with Crippen molar-refractivity contribution < 1.29 is 17.7 Å². The molecule has 0 radical (unpaired) electrons. The molecular weight excluding hydrogens is 259 g/mol. The summed E-state index contributed by atoms with van der Waals surface area (Å²) in [6.07, 6.45) is -3.11. The lowest BCUT2D eigenvalue weighted by Gasteiger charge is -2.18. The molecule has 1 aromatic carbocycles. The molecule has 4 nitrogen and oxygen atoms in total. The van der Waals surface area contributed by atoms with Crippen molar-refractivity contribution in [3.63, 3.8) is 0 Å². The van der Waals surface area contributed by atoms with E-state index in [1.807, 2.05) is 0 Å². The summed E-state index contributed by atoms with van der Waals surface area (Å²) in [5.74, 6) is -0.0116. The van der Waals surface area contributed by atoms with Crippen molar-refractivity contribution in [3.05, 3.63) is 30.0 Å².